The van der Waals surface area contributed by atoms with E-state index in [4.69, 9.17) is 21.1 Å². The Morgan fingerprint density at radius 3 is 2.49 bits per heavy atom. The lowest BCUT2D eigenvalue weighted by Gasteiger charge is -2.31. The number of rotatable bonds is 5. The third kappa shape index (κ3) is 6.45. The molecule has 1 aliphatic rings. The number of benzene rings is 2. The van der Waals surface area contributed by atoms with Crippen molar-refractivity contribution < 1.29 is 31.3 Å². The van der Waals surface area contributed by atoms with Gasteiger partial charge in [0.05, 0.1) is 6.04 Å². The summed E-state index contributed by atoms with van der Waals surface area (Å²) in [5, 5.41) is 0.404. The van der Waals surface area contributed by atoms with Crippen LogP contribution in [0.3, 0.4) is 0 Å². The molecule has 6 nitrogen and oxygen atoms in total. The minimum absolute atomic E-state index is 0.0137. The molecule has 3 rings (SSSR count). The monoisotopic (exact) mass is 535 g/mol. The van der Waals surface area contributed by atoms with Gasteiger partial charge >= 0.3 is 11.6 Å². The second kappa shape index (κ2) is 9.94. The SMILES string of the molecule is CC(C)(C)OC(=O)N1CC[C@H](NS(=N)(=O)C(F)(F)F)[C@@H]1Cc1cccc(-c2cccc(Cl)c2)c1F. The van der Waals surface area contributed by atoms with E-state index < -0.39 is 45.0 Å². The predicted octanol–water partition coefficient (Wildman–Crippen LogP) is 6.14. The molecule has 35 heavy (non-hydrogen) atoms. The molecule has 0 spiro atoms. The van der Waals surface area contributed by atoms with Crippen LogP contribution in [0.25, 0.3) is 11.1 Å². The standard InChI is InChI=1S/C23H26ClF4N3O3S/c1-22(2,3)34-21(32)31-11-10-18(30-35(29,33)23(26,27)28)19(31)13-15-7-5-9-17(20(15)25)14-6-4-8-16(24)12-14/h4-9,12,18-19H,10-11,13H2,1-3H3,(H2,29,30,33)/t18-,19-,35?/m0/s1. The maximum atomic E-state index is 15.5. The number of nitrogens with one attached hydrogen (secondary N) is 2. The van der Waals surface area contributed by atoms with Gasteiger partial charge in [-0.3, -0.25) is 0 Å². The first-order chi connectivity index (χ1) is 16.1. The second-order valence-corrected chi connectivity index (χ2v) is 11.5. The summed E-state index contributed by atoms with van der Waals surface area (Å²) in [5.41, 5.74) is -5.31. The van der Waals surface area contributed by atoms with E-state index in [0.29, 0.717) is 10.6 Å². The van der Waals surface area contributed by atoms with Gasteiger partial charge in [-0.15, -0.1) is 0 Å². The fraction of sp³-hybridized carbons (Fsp3) is 0.435. The summed E-state index contributed by atoms with van der Waals surface area (Å²) in [7, 11) is -5.19. The number of likely N-dealkylation sites (tertiary alicyclic amines) is 1. The number of alkyl halides is 3. The van der Waals surface area contributed by atoms with Crippen LogP contribution in [0, 0.1) is 10.6 Å². The molecule has 0 radical (unpaired) electrons. The Morgan fingerprint density at radius 1 is 1.23 bits per heavy atom. The highest BCUT2D eigenvalue weighted by Gasteiger charge is 2.47. The van der Waals surface area contributed by atoms with Crippen LogP contribution in [-0.2, 0) is 21.1 Å². The van der Waals surface area contributed by atoms with E-state index in [2.05, 4.69) is 0 Å². The van der Waals surface area contributed by atoms with E-state index in [1.165, 1.54) is 11.0 Å². The number of nitrogens with zero attached hydrogens (tertiary/aromatic N) is 1. The molecular formula is C23H26ClF4N3O3S. The molecule has 2 N–H and O–H groups in total. The van der Waals surface area contributed by atoms with Gasteiger partial charge in [0.25, 0.3) is 0 Å². The highest BCUT2D eigenvalue weighted by molar-refractivity contribution is 7.91. The molecule has 12 heteroatoms. The summed E-state index contributed by atoms with van der Waals surface area (Å²) in [6.07, 6.45) is -1.00. The van der Waals surface area contributed by atoms with Crippen LogP contribution >= 0.6 is 11.6 Å². The molecule has 1 amide bonds. The molecule has 2 aromatic carbocycles. The van der Waals surface area contributed by atoms with E-state index in [1.54, 1.807) is 57.2 Å². The number of ether oxygens (including phenoxy) is 1. The van der Waals surface area contributed by atoms with Gasteiger partial charge in [-0.2, -0.15) is 13.2 Å². The maximum absolute atomic E-state index is 15.5. The van der Waals surface area contributed by atoms with Crippen LogP contribution in [0.5, 0.6) is 0 Å². The lowest BCUT2D eigenvalue weighted by atomic mass is 9.96. The molecule has 1 aliphatic heterocycles. The van der Waals surface area contributed by atoms with E-state index in [1.807, 2.05) is 4.72 Å². The van der Waals surface area contributed by atoms with E-state index >= 15 is 4.39 Å². The Bertz CT molecular complexity index is 1200. The zero-order valence-corrected chi connectivity index (χ0v) is 20.9. The van der Waals surface area contributed by atoms with Crippen LogP contribution in [0.4, 0.5) is 22.4 Å². The lowest BCUT2D eigenvalue weighted by molar-refractivity contribution is -0.0421. The van der Waals surface area contributed by atoms with E-state index in [0.717, 1.165) is 0 Å². The molecule has 0 bridgehead atoms. The van der Waals surface area contributed by atoms with Crippen molar-refractivity contribution in [2.45, 2.75) is 56.8 Å². The molecular weight excluding hydrogens is 510 g/mol. The molecule has 1 unspecified atom stereocenters. The first-order valence-electron chi connectivity index (χ1n) is 10.7. The average Bonchev–Trinajstić information content (AvgIpc) is 3.09. The smallest absolute Gasteiger partial charge is 0.444 e. The Balaban J connectivity index is 1.97. The van der Waals surface area contributed by atoms with E-state index in [9.17, 15) is 22.2 Å². The van der Waals surface area contributed by atoms with Crippen molar-refractivity contribution >= 4 is 27.6 Å². The van der Waals surface area contributed by atoms with Gasteiger partial charge in [-0.1, -0.05) is 41.9 Å². The van der Waals surface area contributed by atoms with Crippen LogP contribution in [0.15, 0.2) is 42.5 Å². The highest BCUT2D eigenvalue weighted by Crippen LogP contribution is 2.32. The molecule has 0 aromatic heterocycles. The second-order valence-electron chi connectivity index (χ2n) is 9.25. The van der Waals surface area contributed by atoms with Crippen LogP contribution in [0.1, 0.15) is 32.8 Å². The molecule has 1 fully saturated rings. The molecule has 0 saturated carbocycles. The predicted molar refractivity (Wildman–Crippen MR) is 126 cm³/mol. The molecule has 3 atom stereocenters. The van der Waals surface area contributed by atoms with Crippen molar-refractivity contribution in [3.8, 4) is 11.1 Å². The zero-order valence-electron chi connectivity index (χ0n) is 19.3. The van der Waals surface area contributed by atoms with Gasteiger partial charge in [0.1, 0.15) is 11.4 Å². The normalized spacial score (nSPS) is 20.5. The van der Waals surface area contributed by atoms with Crippen molar-refractivity contribution in [2.75, 3.05) is 6.54 Å². The Kier molecular flexibility index (Phi) is 7.73. The summed E-state index contributed by atoms with van der Waals surface area (Å²) < 4.78 is 81.6. The van der Waals surface area contributed by atoms with Crippen molar-refractivity contribution in [3.63, 3.8) is 0 Å². The first kappa shape index (κ1) is 27.2. The fourth-order valence-corrected chi connectivity index (χ4v) is 4.94. The number of carbonyl (C=O) groups excluding carboxylic acids is 1. The Hall–Kier alpha value is -2.37. The lowest BCUT2D eigenvalue weighted by Crippen LogP contribution is -2.51. The number of halogens is 5. The number of carbonyl (C=O) groups is 1. The van der Waals surface area contributed by atoms with Crippen molar-refractivity contribution in [1.29, 1.82) is 4.78 Å². The van der Waals surface area contributed by atoms with Crippen molar-refractivity contribution in [2.24, 2.45) is 0 Å². The van der Waals surface area contributed by atoms with Crippen LogP contribution in [0.2, 0.25) is 5.02 Å². The average molecular weight is 536 g/mol. The van der Waals surface area contributed by atoms with Gasteiger partial charge in [0, 0.05) is 23.2 Å². The van der Waals surface area contributed by atoms with Crippen molar-refractivity contribution in [1.82, 2.24) is 9.62 Å². The Labute approximate surface area is 206 Å². The number of hydrogen-bond acceptors (Lipinski definition) is 4. The van der Waals surface area contributed by atoms with Crippen LogP contribution < -0.4 is 4.72 Å². The quantitative estimate of drug-likeness (QED) is 0.451. The Morgan fingerprint density at radius 2 is 1.89 bits per heavy atom. The largest absolute Gasteiger partial charge is 0.492 e. The molecule has 0 aliphatic carbocycles. The third-order valence-corrected chi connectivity index (χ3v) is 6.98. The summed E-state index contributed by atoms with van der Waals surface area (Å²) in [6, 6.07) is 8.92. The molecule has 192 valence electrons. The fourth-order valence-electron chi connectivity index (χ4n) is 3.91. The molecule has 1 heterocycles. The van der Waals surface area contributed by atoms with E-state index in [-0.39, 0.29) is 30.5 Å². The summed E-state index contributed by atoms with van der Waals surface area (Å²) in [4.78, 5) is 14.0. The van der Waals surface area contributed by atoms with Gasteiger partial charge in [0.2, 0.25) is 9.92 Å². The topological polar surface area (TPSA) is 82.5 Å². The van der Waals surface area contributed by atoms with Gasteiger partial charge in [-0.05, 0) is 56.9 Å². The van der Waals surface area contributed by atoms with Crippen LogP contribution in [-0.4, -0.2) is 44.9 Å². The number of hydrogen-bond donors (Lipinski definition) is 2. The highest BCUT2D eigenvalue weighted by atomic mass is 35.5. The molecule has 2 aromatic rings. The zero-order chi connectivity index (χ0) is 26.2. The summed E-state index contributed by atoms with van der Waals surface area (Å²) in [5.74, 6) is -0.619. The summed E-state index contributed by atoms with van der Waals surface area (Å²) in [6.45, 7) is 4.90. The van der Waals surface area contributed by atoms with Crippen molar-refractivity contribution in [3.05, 3.63) is 58.9 Å². The first-order valence-corrected chi connectivity index (χ1v) is 12.7. The van der Waals surface area contributed by atoms with Gasteiger partial charge in [-0.25, -0.2) is 22.9 Å². The maximum Gasteiger partial charge on any atom is 0.492 e. The minimum Gasteiger partial charge on any atom is -0.444 e. The summed E-state index contributed by atoms with van der Waals surface area (Å²) >= 11 is 6.02. The minimum atomic E-state index is -5.31. The van der Waals surface area contributed by atoms with Gasteiger partial charge in [0.15, 0.2) is 0 Å². The molecule has 1 saturated heterocycles. The third-order valence-electron chi connectivity index (χ3n) is 5.46. The van der Waals surface area contributed by atoms with Gasteiger partial charge < -0.3 is 9.64 Å². The number of amides is 1.